The summed E-state index contributed by atoms with van der Waals surface area (Å²) in [4.78, 5) is 16.9. The molecule has 0 spiro atoms. The number of carbonyl (C=O) groups is 1. The third-order valence-corrected chi connectivity index (χ3v) is 23.3. The Labute approximate surface area is 189 Å². The van der Waals surface area contributed by atoms with E-state index in [4.69, 9.17) is 9.72 Å². The number of ether oxygens (including phenoxy) is 1. The first-order valence-electron chi connectivity index (χ1n) is 12.0. The summed E-state index contributed by atoms with van der Waals surface area (Å²) in [6.07, 6.45) is 7.31. The zero-order chi connectivity index (χ0) is 22.8. The van der Waals surface area contributed by atoms with Crippen molar-refractivity contribution in [2.45, 2.75) is 112 Å². The van der Waals surface area contributed by atoms with Gasteiger partial charge in [0.25, 0.3) is 0 Å². The molecule has 0 amide bonds. The number of aromatic nitrogens is 2. The Balaban J connectivity index is 3.29. The van der Waals surface area contributed by atoms with Crippen LogP contribution in [0, 0.1) is 6.92 Å². The second kappa shape index (κ2) is 13.3. The molecule has 0 aliphatic rings. The molecule has 1 N–H and O–H groups in total. The molecule has 1 heterocycles. The van der Waals surface area contributed by atoms with Crippen molar-refractivity contribution >= 4 is 36.1 Å². The number of imidazole rings is 1. The third kappa shape index (κ3) is 8.30. The standard InChI is InChI=1S/C11H19N2O3Si.3C4H9.Sn/c1-9-7-12-10(11(14)15)13(9)8-16-5-6-17(2,3)4;3*1-3-4-2;/h5-6,8H2,1-4H3,(H,14,15);3*1,3-4H2,2H3;. The number of hydrogen-bond acceptors (Lipinski definition) is 3. The molecule has 0 saturated heterocycles. The molecule has 7 heteroatoms. The normalized spacial score (nSPS) is 12.5. The van der Waals surface area contributed by atoms with E-state index < -0.39 is 32.4 Å². The molecule has 1 aromatic heterocycles. The summed E-state index contributed by atoms with van der Waals surface area (Å²) in [5.41, 5.74) is 1.07. The quantitative estimate of drug-likeness (QED) is 0.197. The number of hydrogen-bond donors (Lipinski definition) is 1. The number of carboxylic acids is 1. The summed E-state index contributed by atoms with van der Waals surface area (Å²) < 4.78 is 12.9. The van der Waals surface area contributed by atoms with Crippen molar-refractivity contribution in [1.82, 2.24) is 9.55 Å². The van der Waals surface area contributed by atoms with Crippen molar-refractivity contribution in [2.75, 3.05) is 6.61 Å². The molecule has 5 nitrogen and oxygen atoms in total. The van der Waals surface area contributed by atoms with Crippen LogP contribution in [0.4, 0.5) is 0 Å². The topological polar surface area (TPSA) is 64.3 Å². The SMILES string of the molecule is CCC[CH2][Sn]([CH2]CCC)([CH2]CCC)[c]1nc(C(=O)O)n(COCC[Si](C)(C)C)c1C. The monoisotopic (exact) mass is 546 g/mol. The van der Waals surface area contributed by atoms with Gasteiger partial charge in [-0.2, -0.15) is 0 Å². The number of nitrogens with zero attached hydrogens (tertiary/aromatic N) is 2. The van der Waals surface area contributed by atoms with Crippen molar-refractivity contribution in [2.24, 2.45) is 0 Å². The van der Waals surface area contributed by atoms with Gasteiger partial charge in [-0.1, -0.05) is 0 Å². The van der Waals surface area contributed by atoms with Crippen molar-refractivity contribution in [1.29, 1.82) is 0 Å². The van der Waals surface area contributed by atoms with Gasteiger partial charge in [0.15, 0.2) is 0 Å². The Morgan fingerprint density at radius 2 is 1.53 bits per heavy atom. The summed E-state index contributed by atoms with van der Waals surface area (Å²) in [5, 5.41) is 9.87. The summed E-state index contributed by atoms with van der Waals surface area (Å²) in [5.74, 6) is -0.749. The molecule has 0 radical (unpaired) electrons. The molecule has 0 aliphatic heterocycles. The van der Waals surface area contributed by atoms with E-state index in [9.17, 15) is 9.90 Å². The van der Waals surface area contributed by atoms with E-state index in [1.807, 2.05) is 4.57 Å². The van der Waals surface area contributed by atoms with Crippen LogP contribution in [0.3, 0.4) is 0 Å². The minimum absolute atomic E-state index is 0.182. The van der Waals surface area contributed by atoms with Crippen LogP contribution in [-0.4, -0.2) is 53.7 Å². The maximum atomic E-state index is 12.0. The molecular weight excluding hydrogens is 499 g/mol. The average molecular weight is 545 g/mol. The fraction of sp³-hybridized carbons (Fsp3) is 0.826. The zero-order valence-corrected chi connectivity index (χ0v) is 24.5. The molecule has 0 aromatic carbocycles. The number of carboxylic acid groups (broad SMARTS) is 1. The van der Waals surface area contributed by atoms with Crippen LogP contribution in [-0.2, 0) is 11.5 Å². The van der Waals surface area contributed by atoms with Gasteiger partial charge in [-0.25, -0.2) is 0 Å². The fourth-order valence-corrected chi connectivity index (χ4v) is 21.5. The first-order chi connectivity index (χ1) is 14.1. The third-order valence-electron chi connectivity index (χ3n) is 6.16. The minimum atomic E-state index is -2.79. The van der Waals surface area contributed by atoms with Crippen LogP contribution < -0.4 is 3.71 Å². The van der Waals surface area contributed by atoms with Gasteiger partial charge in [0.05, 0.1) is 0 Å². The van der Waals surface area contributed by atoms with Gasteiger partial charge < -0.3 is 0 Å². The molecule has 30 heavy (non-hydrogen) atoms. The van der Waals surface area contributed by atoms with E-state index >= 15 is 0 Å². The zero-order valence-electron chi connectivity index (χ0n) is 20.6. The van der Waals surface area contributed by atoms with Crippen LogP contribution >= 0.6 is 0 Å². The van der Waals surface area contributed by atoms with E-state index in [0.29, 0.717) is 13.3 Å². The molecule has 0 unspecified atom stereocenters. The molecule has 174 valence electrons. The Hall–Kier alpha value is -0.344. The summed E-state index contributed by atoms with van der Waals surface area (Å²) >= 11 is -2.79. The van der Waals surface area contributed by atoms with E-state index in [0.717, 1.165) is 11.7 Å². The van der Waals surface area contributed by atoms with E-state index in [-0.39, 0.29) is 5.82 Å². The Bertz CT molecular complexity index is 634. The molecule has 1 rings (SSSR count). The molecule has 0 bridgehead atoms. The molecule has 0 fully saturated rings. The second-order valence-corrected chi connectivity index (χ2v) is 28.6. The molecule has 0 atom stereocenters. The van der Waals surface area contributed by atoms with Crippen molar-refractivity contribution < 1.29 is 14.6 Å². The summed E-state index contributed by atoms with van der Waals surface area (Å²) in [6.45, 7) is 16.9. The van der Waals surface area contributed by atoms with Gasteiger partial charge in [-0.3, -0.25) is 0 Å². The molecule has 0 aliphatic carbocycles. The van der Waals surface area contributed by atoms with Gasteiger partial charge in [-0.05, 0) is 0 Å². The fourth-order valence-electron chi connectivity index (χ4n) is 4.17. The van der Waals surface area contributed by atoms with E-state index in [1.165, 1.54) is 55.5 Å². The van der Waals surface area contributed by atoms with Crippen LogP contribution in [0.2, 0.25) is 39.0 Å². The molecular formula is C23H46N2O3SiSn. The average Bonchev–Trinajstić information content (AvgIpc) is 3.01. The van der Waals surface area contributed by atoms with E-state index in [1.54, 1.807) is 0 Å². The number of unbranched alkanes of at least 4 members (excludes halogenated alkanes) is 3. The van der Waals surface area contributed by atoms with Crippen LogP contribution in [0.5, 0.6) is 0 Å². The van der Waals surface area contributed by atoms with Crippen molar-refractivity contribution in [3.63, 3.8) is 0 Å². The number of aromatic carboxylic acids is 1. The maximum absolute atomic E-state index is 12.0. The Kier molecular flexibility index (Phi) is 12.2. The molecule has 0 saturated carbocycles. The van der Waals surface area contributed by atoms with Crippen LogP contribution in [0.1, 0.15) is 75.6 Å². The van der Waals surface area contributed by atoms with Crippen molar-refractivity contribution in [3.05, 3.63) is 11.5 Å². The van der Waals surface area contributed by atoms with Gasteiger partial charge in [0, 0.05) is 0 Å². The number of rotatable bonds is 16. The Morgan fingerprint density at radius 3 is 1.93 bits per heavy atom. The van der Waals surface area contributed by atoms with Gasteiger partial charge >= 0.3 is 190 Å². The van der Waals surface area contributed by atoms with Gasteiger partial charge in [0.2, 0.25) is 0 Å². The first kappa shape index (κ1) is 27.7. The second-order valence-electron chi connectivity index (χ2n) is 10.0. The van der Waals surface area contributed by atoms with E-state index in [2.05, 4.69) is 47.3 Å². The van der Waals surface area contributed by atoms with Gasteiger partial charge in [-0.15, -0.1) is 0 Å². The molecule has 1 aromatic rings. The predicted octanol–water partition coefficient (Wildman–Crippen LogP) is 6.26. The van der Waals surface area contributed by atoms with Crippen LogP contribution in [0.25, 0.3) is 0 Å². The van der Waals surface area contributed by atoms with Crippen molar-refractivity contribution in [3.8, 4) is 0 Å². The summed E-state index contributed by atoms with van der Waals surface area (Å²) in [7, 11) is -1.17. The Morgan fingerprint density at radius 1 is 1.03 bits per heavy atom. The van der Waals surface area contributed by atoms with Crippen LogP contribution in [0.15, 0.2) is 0 Å². The first-order valence-corrected chi connectivity index (χ1v) is 23.2. The predicted molar refractivity (Wildman–Crippen MR) is 133 cm³/mol. The van der Waals surface area contributed by atoms with Gasteiger partial charge in [0.1, 0.15) is 0 Å². The summed E-state index contributed by atoms with van der Waals surface area (Å²) in [6, 6.07) is 1.09.